The van der Waals surface area contributed by atoms with Gasteiger partial charge in [-0.15, -0.1) is 0 Å². The average Bonchev–Trinajstić information content (AvgIpc) is 3.37. The third-order valence-corrected chi connectivity index (χ3v) is 5.63. The van der Waals surface area contributed by atoms with Crippen LogP contribution in [0, 0.1) is 5.92 Å². The molecule has 2 fully saturated rings. The van der Waals surface area contributed by atoms with Crippen LogP contribution >= 0.6 is 15.9 Å². The van der Waals surface area contributed by atoms with Gasteiger partial charge in [0.1, 0.15) is 0 Å². The molecule has 0 radical (unpaired) electrons. The molecule has 0 bridgehead atoms. The van der Waals surface area contributed by atoms with Gasteiger partial charge in [0.15, 0.2) is 0 Å². The Morgan fingerprint density at radius 1 is 1.35 bits per heavy atom. The molecule has 2 aliphatic rings. The fourth-order valence-corrected chi connectivity index (χ4v) is 3.94. The topological polar surface area (TPSA) is 49.8 Å². The predicted octanol–water partition coefficient (Wildman–Crippen LogP) is 3.29. The molecular weight excluding hydrogens is 358 g/mol. The van der Waals surface area contributed by atoms with Crippen LogP contribution in [0.3, 0.4) is 0 Å². The molecule has 1 aromatic rings. The maximum Gasteiger partial charge on any atom is 0.303 e. The molecule has 4 nitrogen and oxygen atoms in total. The molecular formula is C18H24BrNO3. The molecule has 1 N–H and O–H groups in total. The summed E-state index contributed by atoms with van der Waals surface area (Å²) < 4.78 is 6.49. The summed E-state index contributed by atoms with van der Waals surface area (Å²) in [7, 11) is 0. The Kier molecular flexibility index (Phi) is 5.72. The van der Waals surface area contributed by atoms with E-state index < -0.39 is 5.97 Å². The zero-order valence-corrected chi connectivity index (χ0v) is 14.9. The second-order valence-electron chi connectivity index (χ2n) is 6.60. The van der Waals surface area contributed by atoms with Crippen molar-refractivity contribution >= 4 is 21.9 Å². The van der Waals surface area contributed by atoms with E-state index in [2.05, 4.69) is 39.0 Å². The summed E-state index contributed by atoms with van der Waals surface area (Å²) in [6, 6.07) is 6.43. The summed E-state index contributed by atoms with van der Waals surface area (Å²) in [5.74, 6) is 0.0173. The van der Waals surface area contributed by atoms with Gasteiger partial charge in [-0.25, -0.2) is 0 Å². The molecule has 126 valence electrons. The van der Waals surface area contributed by atoms with Crippen LogP contribution in [0.1, 0.15) is 36.3 Å². The summed E-state index contributed by atoms with van der Waals surface area (Å²) in [4.78, 5) is 13.5. The van der Waals surface area contributed by atoms with Gasteiger partial charge < -0.3 is 9.84 Å². The quantitative estimate of drug-likeness (QED) is 0.786. The van der Waals surface area contributed by atoms with Gasteiger partial charge in [-0.2, -0.15) is 0 Å². The molecule has 1 aromatic carbocycles. The first-order valence-electron chi connectivity index (χ1n) is 8.43. The normalized spacial score (nSPS) is 20.4. The van der Waals surface area contributed by atoms with Crippen LogP contribution in [-0.2, 0) is 16.0 Å². The fourth-order valence-electron chi connectivity index (χ4n) is 3.34. The first kappa shape index (κ1) is 16.9. The number of morpholine rings is 1. The summed E-state index contributed by atoms with van der Waals surface area (Å²) >= 11 is 3.69. The number of carboxylic acid groups (broad SMARTS) is 1. The van der Waals surface area contributed by atoms with Crippen LogP contribution in [0.2, 0.25) is 0 Å². The summed E-state index contributed by atoms with van der Waals surface area (Å²) in [6.07, 6.45) is 3.57. The summed E-state index contributed by atoms with van der Waals surface area (Å²) in [5.41, 5.74) is 2.46. The number of hydrogen-bond acceptors (Lipinski definition) is 3. The monoisotopic (exact) mass is 381 g/mol. The number of hydrogen-bond donors (Lipinski definition) is 1. The van der Waals surface area contributed by atoms with Crippen molar-refractivity contribution in [1.82, 2.24) is 4.90 Å². The minimum Gasteiger partial charge on any atom is -0.481 e. The molecule has 1 aliphatic heterocycles. The first-order chi connectivity index (χ1) is 11.1. The number of halogens is 1. The van der Waals surface area contributed by atoms with Crippen molar-refractivity contribution in [1.29, 1.82) is 0 Å². The van der Waals surface area contributed by atoms with E-state index in [9.17, 15) is 4.79 Å². The first-order valence-corrected chi connectivity index (χ1v) is 9.23. The van der Waals surface area contributed by atoms with Gasteiger partial charge in [0.2, 0.25) is 0 Å². The van der Waals surface area contributed by atoms with E-state index in [1.54, 1.807) is 0 Å². The minimum atomic E-state index is -0.700. The maximum absolute atomic E-state index is 11.1. The lowest BCUT2D eigenvalue weighted by Gasteiger charge is -2.26. The van der Waals surface area contributed by atoms with Crippen molar-refractivity contribution in [3.63, 3.8) is 0 Å². The van der Waals surface area contributed by atoms with Crippen molar-refractivity contribution in [2.24, 2.45) is 5.92 Å². The Bertz CT molecular complexity index is 553. The van der Waals surface area contributed by atoms with E-state index >= 15 is 0 Å². The zero-order valence-electron chi connectivity index (χ0n) is 13.3. The average molecular weight is 382 g/mol. The van der Waals surface area contributed by atoms with Crippen LogP contribution in [0.4, 0.5) is 0 Å². The predicted molar refractivity (Wildman–Crippen MR) is 92.8 cm³/mol. The van der Waals surface area contributed by atoms with Crippen molar-refractivity contribution in [3.05, 3.63) is 33.8 Å². The smallest absolute Gasteiger partial charge is 0.303 e. The molecule has 1 unspecified atom stereocenters. The zero-order chi connectivity index (χ0) is 16.2. The van der Waals surface area contributed by atoms with Gasteiger partial charge in [-0.1, -0.05) is 28.1 Å². The molecule has 1 atom stereocenters. The van der Waals surface area contributed by atoms with Crippen LogP contribution in [-0.4, -0.2) is 48.8 Å². The SMILES string of the molecule is O=C(O)CC(c1ccc(CCN2CCOCC2)c(Br)c1)C1CC1. The minimum absolute atomic E-state index is 0.164. The molecule has 3 rings (SSSR count). The molecule has 1 saturated carbocycles. The van der Waals surface area contributed by atoms with Crippen LogP contribution in [0.25, 0.3) is 0 Å². The second-order valence-corrected chi connectivity index (χ2v) is 7.45. The van der Waals surface area contributed by atoms with Gasteiger partial charge in [0.25, 0.3) is 0 Å². The van der Waals surface area contributed by atoms with Crippen LogP contribution in [0.15, 0.2) is 22.7 Å². The number of ether oxygens (including phenoxy) is 1. The molecule has 0 aromatic heterocycles. The lowest BCUT2D eigenvalue weighted by molar-refractivity contribution is -0.137. The Labute approximate surface area is 145 Å². The summed E-state index contributed by atoms with van der Waals surface area (Å²) in [5, 5.41) is 9.15. The molecule has 1 heterocycles. The van der Waals surface area contributed by atoms with Crippen molar-refractivity contribution in [3.8, 4) is 0 Å². The maximum atomic E-state index is 11.1. The number of aliphatic carboxylic acids is 1. The number of benzene rings is 1. The largest absolute Gasteiger partial charge is 0.481 e. The second kappa shape index (κ2) is 7.77. The van der Waals surface area contributed by atoms with Crippen molar-refractivity contribution < 1.29 is 14.6 Å². The number of carbonyl (C=O) groups is 1. The van der Waals surface area contributed by atoms with Gasteiger partial charge >= 0.3 is 5.97 Å². The molecule has 1 saturated heterocycles. The van der Waals surface area contributed by atoms with Crippen molar-refractivity contribution in [2.45, 2.75) is 31.6 Å². The molecule has 0 spiro atoms. The van der Waals surface area contributed by atoms with E-state index in [4.69, 9.17) is 9.84 Å². The molecule has 5 heteroatoms. The van der Waals surface area contributed by atoms with Crippen LogP contribution < -0.4 is 0 Å². The van der Waals surface area contributed by atoms with E-state index in [0.717, 1.165) is 62.1 Å². The Balaban J connectivity index is 1.63. The molecule has 23 heavy (non-hydrogen) atoms. The Morgan fingerprint density at radius 2 is 2.09 bits per heavy atom. The van der Waals surface area contributed by atoms with Crippen molar-refractivity contribution in [2.75, 3.05) is 32.8 Å². The molecule has 1 aliphatic carbocycles. The summed E-state index contributed by atoms with van der Waals surface area (Å²) in [6.45, 7) is 4.73. The lowest BCUT2D eigenvalue weighted by atomic mass is 9.90. The van der Waals surface area contributed by atoms with Gasteiger partial charge in [-0.05, 0) is 48.3 Å². The third kappa shape index (κ3) is 4.78. The Morgan fingerprint density at radius 3 is 2.70 bits per heavy atom. The highest BCUT2D eigenvalue weighted by Gasteiger charge is 2.33. The Hall–Kier alpha value is -0.910. The third-order valence-electron chi connectivity index (χ3n) is 4.89. The van der Waals surface area contributed by atoms with E-state index in [1.807, 2.05) is 0 Å². The van der Waals surface area contributed by atoms with Gasteiger partial charge in [0.05, 0.1) is 19.6 Å². The van der Waals surface area contributed by atoms with Gasteiger partial charge in [-0.3, -0.25) is 9.69 Å². The molecule has 0 amide bonds. The standard InChI is InChI=1S/C18H24BrNO3/c19-17-11-15(16(12-18(21)22)13-1-2-13)4-3-14(17)5-6-20-7-9-23-10-8-20/h3-4,11,13,16H,1-2,5-10,12H2,(H,21,22). The highest BCUT2D eigenvalue weighted by molar-refractivity contribution is 9.10. The van der Waals surface area contributed by atoms with E-state index in [0.29, 0.717) is 5.92 Å². The van der Waals surface area contributed by atoms with Crippen LogP contribution in [0.5, 0.6) is 0 Å². The number of nitrogens with zero attached hydrogens (tertiary/aromatic N) is 1. The fraction of sp³-hybridized carbons (Fsp3) is 0.611. The number of rotatable bonds is 7. The number of carboxylic acids is 1. The van der Waals surface area contributed by atoms with E-state index in [1.165, 1.54) is 5.56 Å². The highest BCUT2D eigenvalue weighted by Crippen LogP contribution is 2.45. The van der Waals surface area contributed by atoms with E-state index in [-0.39, 0.29) is 12.3 Å². The lowest BCUT2D eigenvalue weighted by Crippen LogP contribution is -2.37. The van der Waals surface area contributed by atoms with Gasteiger partial charge in [0, 0.05) is 24.1 Å². The highest BCUT2D eigenvalue weighted by atomic mass is 79.9.